The van der Waals surface area contributed by atoms with Crippen molar-refractivity contribution in [3.63, 3.8) is 0 Å². The minimum atomic E-state index is -0.936. The van der Waals surface area contributed by atoms with Gasteiger partial charge in [-0.3, -0.25) is 0 Å². The molecule has 0 aromatic carbocycles. The molecule has 1 rings (SSSR count). The Morgan fingerprint density at radius 3 is 2.32 bits per heavy atom. The van der Waals surface area contributed by atoms with Gasteiger partial charge in [0, 0.05) is 18.3 Å². The van der Waals surface area contributed by atoms with Crippen molar-refractivity contribution in [2.24, 2.45) is 5.92 Å². The smallest absolute Gasteiger partial charge is 0.420 e. The third kappa shape index (κ3) is 4.73. The first-order valence-electron chi connectivity index (χ1n) is 6.12. The Balaban J connectivity index is 2.73. The molecule has 19 heavy (non-hydrogen) atoms. The van der Waals surface area contributed by atoms with Gasteiger partial charge in [0.15, 0.2) is 0 Å². The van der Waals surface area contributed by atoms with Gasteiger partial charge in [0.25, 0.3) is 0 Å². The van der Waals surface area contributed by atoms with E-state index < -0.39 is 23.8 Å². The molecular formula is C13H20N2O4. The van der Waals surface area contributed by atoms with Crippen LogP contribution in [0.5, 0.6) is 0 Å². The van der Waals surface area contributed by atoms with Crippen LogP contribution < -0.4 is 0 Å². The Kier molecular flexibility index (Phi) is 4.69. The minimum absolute atomic E-state index is 0.178. The lowest BCUT2D eigenvalue weighted by Crippen LogP contribution is -2.38. The predicted molar refractivity (Wildman–Crippen MR) is 68.6 cm³/mol. The lowest BCUT2D eigenvalue weighted by Gasteiger charge is -2.25. The minimum Gasteiger partial charge on any atom is -0.457 e. The summed E-state index contributed by atoms with van der Waals surface area (Å²) in [6, 6.07) is 0. The molecule has 0 saturated heterocycles. The second kappa shape index (κ2) is 5.86. The van der Waals surface area contributed by atoms with Crippen molar-refractivity contribution in [1.82, 2.24) is 9.55 Å². The van der Waals surface area contributed by atoms with Crippen LogP contribution in [0.15, 0.2) is 18.7 Å². The molecule has 0 unspecified atom stereocenters. The number of rotatable bonds is 3. The highest BCUT2D eigenvalue weighted by Crippen LogP contribution is 2.15. The quantitative estimate of drug-likeness (QED) is 0.786. The highest BCUT2D eigenvalue weighted by Gasteiger charge is 2.31. The van der Waals surface area contributed by atoms with E-state index >= 15 is 0 Å². The Labute approximate surface area is 112 Å². The summed E-state index contributed by atoms with van der Waals surface area (Å²) in [6.07, 6.45) is 2.64. The maximum absolute atomic E-state index is 12.0. The van der Waals surface area contributed by atoms with Gasteiger partial charge in [0.2, 0.25) is 6.10 Å². The van der Waals surface area contributed by atoms with Gasteiger partial charge in [-0.15, -0.1) is 0 Å². The first-order valence-corrected chi connectivity index (χ1v) is 6.12. The topological polar surface area (TPSA) is 70.4 Å². The van der Waals surface area contributed by atoms with Crippen LogP contribution in [0.4, 0.5) is 4.79 Å². The molecule has 0 N–H and O–H groups in total. The third-order valence-electron chi connectivity index (χ3n) is 2.19. The normalized spacial score (nSPS) is 13.2. The zero-order valence-electron chi connectivity index (χ0n) is 11.9. The van der Waals surface area contributed by atoms with Crippen LogP contribution in [0.25, 0.3) is 0 Å². The average molecular weight is 268 g/mol. The van der Waals surface area contributed by atoms with E-state index in [1.807, 2.05) is 0 Å². The van der Waals surface area contributed by atoms with Crippen LogP contribution in [0.3, 0.4) is 0 Å². The SMILES string of the molecule is CC(C)[C@@H](OC(=O)n1ccnc1)C(=O)OC(C)(C)C. The number of imidazole rings is 1. The largest absolute Gasteiger partial charge is 0.457 e. The number of hydrogen-bond acceptors (Lipinski definition) is 5. The molecule has 0 amide bonds. The zero-order valence-corrected chi connectivity index (χ0v) is 11.9. The van der Waals surface area contributed by atoms with Gasteiger partial charge in [0.1, 0.15) is 11.9 Å². The van der Waals surface area contributed by atoms with Crippen molar-refractivity contribution in [2.75, 3.05) is 0 Å². The molecule has 1 aromatic heterocycles. The molecule has 1 heterocycles. The molecule has 0 spiro atoms. The summed E-state index contributed by atoms with van der Waals surface area (Å²) >= 11 is 0. The summed E-state index contributed by atoms with van der Waals surface area (Å²) in [5.41, 5.74) is -0.619. The predicted octanol–water partition coefficient (Wildman–Crippen LogP) is 2.23. The fraction of sp³-hybridized carbons (Fsp3) is 0.615. The Hall–Kier alpha value is -1.85. The van der Waals surface area contributed by atoms with E-state index in [1.165, 1.54) is 23.3 Å². The van der Waals surface area contributed by atoms with Crippen LogP contribution >= 0.6 is 0 Å². The van der Waals surface area contributed by atoms with Crippen LogP contribution in [-0.2, 0) is 14.3 Å². The van der Waals surface area contributed by atoms with E-state index in [-0.39, 0.29) is 5.92 Å². The highest BCUT2D eigenvalue weighted by atomic mass is 16.6. The summed E-state index contributed by atoms with van der Waals surface area (Å²) in [7, 11) is 0. The Morgan fingerprint density at radius 2 is 1.89 bits per heavy atom. The Morgan fingerprint density at radius 1 is 1.26 bits per heavy atom. The van der Waals surface area contributed by atoms with E-state index in [2.05, 4.69) is 4.98 Å². The monoisotopic (exact) mass is 268 g/mol. The number of carbonyl (C=O) groups excluding carboxylic acids is 2. The maximum Gasteiger partial charge on any atom is 0.420 e. The second-order valence-corrected chi connectivity index (χ2v) is 5.55. The fourth-order valence-electron chi connectivity index (χ4n) is 1.35. The van der Waals surface area contributed by atoms with Crippen molar-refractivity contribution >= 4 is 12.1 Å². The van der Waals surface area contributed by atoms with Crippen LogP contribution in [0.2, 0.25) is 0 Å². The van der Waals surface area contributed by atoms with Crippen LogP contribution in [-0.4, -0.2) is 33.3 Å². The van der Waals surface area contributed by atoms with Crippen molar-refractivity contribution in [2.45, 2.75) is 46.3 Å². The molecule has 6 heteroatoms. The standard InChI is InChI=1S/C13H20N2O4/c1-9(2)10(11(16)19-13(3,4)5)18-12(17)15-7-6-14-8-15/h6-10H,1-5H3/t10-/m1/s1. The van der Waals surface area contributed by atoms with E-state index in [0.717, 1.165) is 0 Å². The average Bonchev–Trinajstić information content (AvgIpc) is 2.75. The summed E-state index contributed by atoms with van der Waals surface area (Å²) < 4.78 is 11.6. The Bertz CT molecular complexity index is 432. The number of aromatic nitrogens is 2. The first kappa shape index (κ1) is 15.2. The number of hydrogen-bond donors (Lipinski definition) is 0. The second-order valence-electron chi connectivity index (χ2n) is 5.55. The molecule has 0 aliphatic heterocycles. The number of carbonyl (C=O) groups is 2. The van der Waals surface area contributed by atoms with Crippen LogP contribution in [0.1, 0.15) is 34.6 Å². The molecular weight excluding hydrogens is 248 g/mol. The fourth-order valence-corrected chi connectivity index (χ4v) is 1.35. The molecule has 0 radical (unpaired) electrons. The molecule has 1 atom stereocenters. The summed E-state index contributed by atoms with van der Waals surface area (Å²) in [5.74, 6) is -0.724. The molecule has 0 saturated carbocycles. The van der Waals surface area contributed by atoms with Gasteiger partial charge in [-0.1, -0.05) is 13.8 Å². The molecule has 1 aromatic rings. The van der Waals surface area contributed by atoms with Gasteiger partial charge < -0.3 is 9.47 Å². The number of nitrogens with zero attached hydrogens (tertiary/aromatic N) is 2. The lowest BCUT2D eigenvalue weighted by atomic mass is 10.1. The molecule has 0 aliphatic rings. The van der Waals surface area contributed by atoms with Crippen molar-refractivity contribution in [3.05, 3.63) is 18.7 Å². The van der Waals surface area contributed by atoms with E-state index in [1.54, 1.807) is 34.6 Å². The maximum atomic E-state index is 12.0. The summed E-state index contributed by atoms with van der Waals surface area (Å²) in [5, 5.41) is 0. The molecule has 0 fully saturated rings. The van der Waals surface area contributed by atoms with E-state index in [4.69, 9.17) is 9.47 Å². The van der Waals surface area contributed by atoms with Crippen LogP contribution in [0, 0.1) is 5.92 Å². The van der Waals surface area contributed by atoms with E-state index in [9.17, 15) is 9.59 Å². The van der Waals surface area contributed by atoms with Crippen molar-refractivity contribution in [1.29, 1.82) is 0 Å². The van der Waals surface area contributed by atoms with Gasteiger partial charge >= 0.3 is 12.1 Å². The molecule has 6 nitrogen and oxygen atoms in total. The van der Waals surface area contributed by atoms with Gasteiger partial charge in [0.05, 0.1) is 0 Å². The third-order valence-corrected chi connectivity index (χ3v) is 2.19. The van der Waals surface area contributed by atoms with Gasteiger partial charge in [-0.2, -0.15) is 0 Å². The van der Waals surface area contributed by atoms with Gasteiger partial charge in [-0.25, -0.2) is 19.1 Å². The molecule has 0 aliphatic carbocycles. The number of esters is 1. The van der Waals surface area contributed by atoms with Crippen molar-refractivity contribution in [3.8, 4) is 0 Å². The molecule has 0 bridgehead atoms. The van der Waals surface area contributed by atoms with E-state index in [0.29, 0.717) is 0 Å². The zero-order chi connectivity index (χ0) is 14.6. The molecule has 106 valence electrons. The number of ether oxygens (including phenoxy) is 2. The van der Waals surface area contributed by atoms with Crippen molar-refractivity contribution < 1.29 is 19.1 Å². The van der Waals surface area contributed by atoms with Gasteiger partial charge in [-0.05, 0) is 20.8 Å². The summed E-state index contributed by atoms with van der Waals surface area (Å²) in [6.45, 7) is 8.87. The highest BCUT2D eigenvalue weighted by molar-refractivity contribution is 5.80. The summed E-state index contributed by atoms with van der Waals surface area (Å²) in [4.78, 5) is 27.5. The lowest BCUT2D eigenvalue weighted by molar-refractivity contribution is -0.167. The first-order chi connectivity index (χ1) is 8.70.